The lowest BCUT2D eigenvalue weighted by atomic mass is 9.33. The second-order valence-electron chi connectivity index (χ2n) is 8.45. The Labute approximate surface area is 139 Å². The van der Waals surface area contributed by atoms with E-state index in [1.54, 1.807) is 0 Å². The van der Waals surface area contributed by atoms with Gasteiger partial charge in [-0.15, -0.1) is 0 Å². The zero-order valence-electron chi connectivity index (χ0n) is 14.6. The summed E-state index contributed by atoms with van der Waals surface area (Å²) in [6.07, 6.45) is 9.44. The number of carboxylic acids is 1. The van der Waals surface area contributed by atoms with E-state index in [4.69, 9.17) is 5.11 Å². The molecule has 4 heteroatoms. The minimum absolute atomic E-state index is 0.227. The number of hydrogen-bond acceptors (Lipinski definition) is 3. The van der Waals surface area contributed by atoms with E-state index >= 15 is 0 Å². The lowest BCUT2D eigenvalue weighted by Crippen LogP contribution is -2.64. The number of aliphatic hydroxyl groups is 2. The molecule has 0 aromatic rings. The number of carbonyl (C=O) groups is 1. The first-order chi connectivity index (χ1) is 10.8. The zero-order valence-corrected chi connectivity index (χ0v) is 14.6. The molecular weight excluding hydrogens is 292 g/mol. The zero-order chi connectivity index (χ0) is 17.3. The number of carboxylic acid groups (broad SMARTS) is 1. The SMILES string of the molecule is C=CC(=O)O.CC12CC3CC(C1)CC(CCO)(C3)C2(C)CCO. The second-order valence-corrected chi connectivity index (χ2v) is 8.45. The largest absolute Gasteiger partial charge is 0.478 e. The van der Waals surface area contributed by atoms with E-state index in [2.05, 4.69) is 20.4 Å². The van der Waals surface area contributed by atoms with Crippen molar-refractivity contribution < 1.29 is 20.1 Å². The number of aliphatic hydroxyl groups excluding tert-OH is 2. The quantitative estimate of drug-likeness (QED) is 0.679. The van der Waals surface area contributed by atoms with Crippen LogP contribution in [0, 0.1) is 28.1 Å². The Hall–Kier alpha value is -0.870. The van der Waals surface area contributed by atoms with Gasteiger partial charge in [-0.3, -0.25) is 0 Å². The Balaban J connectivity index is 0.000000338. The van der Waals surface area contributed by atoms with E-state index in [-0.39, 0.29) is 5.41 Å². The van der Waals surface area contributed by atoms with Crippen molar-refractivity contribution in [3.05, 3.63) is 12.7 Å². The van der Waals surface area contributed by atoms with Crippen molar-refractivity contribution in [2.75, 3.05) is 13.2 Å². The highest BCUT2D eigenvalue weighted by molar-refractivity contribution is 5.78. The molecule has 0 radical (unpaired) electrons. The van der Waals surface area contributed by atoms with Gasteiger partial charge in [-0.1, -0.05) is 20.4 Å². The van der Waals surface area contributed by atoms with Crippen molar-refractivity contribution in [2.45, 2.75) is 58.8 Å². The van der Waals surface area contributed by atoms with Gasteiger partial charge in [0.2, 0.25) is 0 Å². The molecule has 4 rings (SSSR count). The fourth-order valence-corrected chi connectivity index (χ4v) is 6.52. The first-order valence-electron chi connectivity index (χ1n) is 8.83. The minimum Gasteiger partial charge on any atom is -0.478 e. The van der Waals surface area contributed by atoms with Crippen molar-refractivity contribution in [1.82, 2.24) is 0 Å². The molecule has 23 heavy (non-hydrogen) atoms. The van der Waals surface area contributed by atoms with E-state index in [1.807, 2.05) is 0 Å². The molecule has 0 amide bonds. The summed E-state index contributed by atoms with van der Waals surface area (Å²) >= 11 is 0. The van der Waals surface area contributed by atoms with E-state index in [1.165, 1.54) is 32.1 Å². The van der Waals surface area contributed by atoms with E-state index in [0.29, 0.717) is 24.0 Å². The highest BCUT2D eigenvalue weighted by Gasteiger charge is 2.66. The molecule has 0 aliphatic heterocycles. The van der Waals surface area contributed by atoms with Crippen LogP contribution in [0.1, 0.15) is 58.8 Å². The van der Waals surface area contributed by atoms with Gasteiger partial charge in [0.05, 0.1) is 0 Å². The summed E-state index contributed by atoms with van der Waals surface area (Å²) in [6, 6.07) is 0. The smallest absolute Gasteiger partial charge is 0.327 e. The Morgan fingerprint density at radius 1 is 1.09 bits per heavy atom. The summed E-state index contributed by atoms with van der Waals surface area (Å²) in [4.78, 5) is 9.25. The Morgan fingerprint density at radius 3 is 1.96 bits per heavy atom. The molecule has 132 valence electrons. The number of hydrogen-bond donors (Lipinski definition) is 3. The van der Waals surface area contributed by atoms with Crippen LogP contribution in [0.25, 0.3) is 0 Å². The first kappa shape index (κ1) is 18.5. The Kier molecular flexibility index (Phi) is 5.27. The molecule has 3 N–H and O–H groups in total. The molecular formula is C19H32O4. The fraction of sp³-hybridized carbons (Fsp3) is 0.842. The van der Waals surface area contributed by atoms with Crippen LogP contribution < -0.4 is 0 Å². The molecule has 0 aromatic carbocycles. The summed E-state index contributed by atoms with van der Waals surface area (Å²) in [5.41, 5.74) is 0.934. The molecule has 0 saturated heterocycles. The number of aliphatic carboxylic acids is 1. The average Bonchev–Trinajstić information content (AvgIpc) is 2.45. The standard InChI is InChI=1S/C16H28O2.C3H4O2/c1-14-8-12-7-13(9-14)11-16(10-12,4-6-18)15(14,2)3-5-17;1-2-3(4)5/h12-13,17-18H,3-11H2,1-2H3;2H,1H2,(H,4,5). The van der Waals surface area contributed by atoms with Gasteiger partial charge in [0.15, 0.2) is 0 Å². The molecule has 0 aromatic heterocycles. The highest BCUT2D eigenvalue weighted by Crippen LogP contribution is 2.75. The lowest BCUT2D eigenvalue weighted by Gasteiger charge is -2.72. The van der Waals surface area contributed by atoms with Crippen LogP contribution in [0.5, 0.6) is 0 Å². The van der Waals surface area contributed by atoms with Crippen LogP contribution in [-0.4, -0.2) is 34.5 Å². The van der Waals surface area contributed by atoms with Crippen LogP contribution in [-0.2, 0) is 4.79 Å². The van der Waals surface area contributed by atoms with E-state index < -0.39 is 5.97 Å². The summed E-state index contributed by atoms with van der Waals surface area (Å²) in [5, 5.41) is 26.7. The first-order valence-corrected chi connectivity index (χ1v) is 8.83. The second kappa shape index (κ2) is 6.56. The maximum Gasteiger partial charge on any atom is 0.327 e. The van der Waals surface area contributed by atoms with Crippen molar-refractivity contribution in [1.29, 1.82) is 0 Å². The fourth-order valence-electron chi connectivity index (χ4n) is 6.52. The van der Waals surface area contributed by atoms with Gasteiger partial charge in [0.1, 0.15) is 0 Å². The van der Waals surface area contributed by atoms with Crippen molar-refractivity contribution in [2.24, 2.45) is 28.1 Å². The van der Waals surface area contributed by atoms with Crippen LogP contribution in [0.2, 0.25) is 0 Å². The monoisotopic (exact) mass is 324 g/mol. The summed E-state index contributed by atoms with van der Waals surface area (Å²) in [6.45, 7) is 8.45. The van der Waals surface area contributed by atoms with Gasteiger partial charge in [-0.05, 0) is 73.0 Å². The molecule has 0 spiro atoms. The molecule has 4 aliphatic carbocycles. The van der Waals surface area contributed by atoms with Crippen molar-refractivity contribution in [3.8, 4) is 0 Å². The molecule has 3 atom stereocenters. The third-order valence-electron chi connectivity index (χ3n) is 7.38. The van der Waals surface area contributed by atoms with Crippen LogP contribution in [0.3, 0.4) is 0 Å². The molecule has 4 aliphatic rings. The van der Waals surface area contributed by atoms with Crippen molar-refractivity contribution in [3.63, 3.8) is 0 Å². The summed E-state index contributed by atoms with van der Waals surface area (Å²) in [7, 11) is 0. The predicted octanol–water partition coefficient (Wildman–Crippen LogP) is 3.23. The number of rotatable bonds is 5. The third-order valence-corrected chi connectivity index (χ3v) is 7.38. The van der Waals surface area contributed by atoms with Gasteiger partial charge < -0.3 is 15.3 Å². The maximum atomic E-state index is 9.55. The van der Waals surface area contributed by atoms with Gasteiger partial charge in [0.25, 0.3) is 0 Å². The minimum atomic E-state index is -0.981. The highest BCUT2D eigenvalue weighted by atomic mass is 16.4. The van der Waals surface area contributed by atoms with Crippen LogP contribution in [0.15, 0.2) is 12.7 Å². The molecule has 4 nitrogen and oxygen atoms in total. The van der Waals surface area contributed by atoms with E-state index in [0.717, 1.165) is 30.8 Å². The lowest BCUT2D eigenvalue weighted by molar-refractivity contribution is -0.229. The third kappa shape index (κ3) is 2.96. The predicted molar refractivity (Wildman–Crippen MR) is 90.0 cm³/mol. The molecule has 0 heterocycles. The Bertz CT molecular complexity index is 444. The Morgan fingerprint density at radius 2 is 1.57 bits per heavy atom. The van der Waals surface area contributed by atoms with Gasteiger partial charge in [0, 0.05) is 19.3 Å². The average molecular weight is 324 g/mol. The van der Waals surface area contributed by atoms with Gasteiger partial charge in [-0.2, -0.15) is 0 Å². The topological polar surface area (TPSA) is 77.8 Å². The molecule has 4 fully saturated rings. The molecule has 4 bridgehead atoms. The van der Waals surface area contributed by atoms with Crippen LogP contribution in [0.4, 0.5) is 0 Å². The molecule has 4 saturated carbocycles. The van der Waals surface area contributed by atoms with Gasteiger partial charge in [-0.25, -0.2) is 4.79 Å². The normalized spacial score (nSPS) is 43.7. The summed E-state index contributed by atoms with van der Waals surface area (Å²) < 4.78 is 0. The maximum absolute atomic E-state index is 9.55. The van der Waals surface area contributed by atoms with Gasteiger partial charge >= 0.3 is 5.97 Å². The van der Waals surface area contributed by atoms with Crippen molar-refractivity contribution >= 4 is 5.97 Å². The summed E-state index contributed by atoms with van der Waals surface area (Å²) in [5.74, 6) is 0.798. The van der Waals surface area contributed by atoms with E-state index in [9.17, 15) is 15.0 Å². The molecule has 3 unspecified atom stereocenters. The van der Waals surface area contributed by atoms with Crippen LogP contribution >= 0.6 is 0 Å².